The first-order valence-corrected chi connectivity index (χ1v) is 8.05. The molecule has 0 aliphatic heterocycles. The lowest BCUT2D eigenvalue weighted by atomic mass is 10.2. The van der Waals surface area contributed by atoms with Crippen molar-refractivity contribution in [3.05, 3.63) is 29.0 Å². The fourth-order valence-corrected chi connectivity index (χ4v) is 3.88. The highest BCUT2D eigenvalue weighted by molar-refractivity contribution is 7.70. The second-order valence-corrected chi connectivity index (χ2v) is 7.75. The van der Waals surface area contributed by atoms with Gasteiger partial charge in [0.05, 0.1) is 0 Å². The summed E-state index contributed by atoms with van der Waals surface area (Å²) in [6, 6.07) is 2.67. The van der Waals surface area contributed by atoms with E-state index in [1.807, 2.05) is 0 Å². The summed E-state index contributed by atoms with van der Waals surface area (Å²) in [6.45, 7) is 0. The van der Waals surface area contributed by atoms with Crippen molar-refractivity contribution in [3.63, 3.8) is 0 Å². The van der Waals surface area contributed by atoms with E-state index in [0.717, 1.165) is 0 Å². The molecule has 17 heavy (non-hydrogen) atoms. The van der Waals surface area contributed by atoms with Crippen LogP contribution in [0.5, 0.6) is 0 Å². The quantitative estimate of drug-likeness (QED) is 0.481. The second-order valence-electron chi connectivity index (χ2n) is 3.35. The number of rotatable bonds is 4. The van der Waals surface area contributed by atoms with Crippen LogP contribution in [-0.2, 0) is 15.6 Å². The van der Waals surface area contributed by atoms with Crippen LogP contribution in [-0.4, -0.2) is 30.0 Å². The Labute approximate surface area is 102 Å². The number of pyridine rings is 1. The third-order valence-corrected chi connectivity index (χ3v) is 5.92. The van der Waals surface area contributed by atoms with Gasteiger partial charge in [-0.1, -0.05) is 11.6 Å². The predicted molar refractivity (Wildman–Crippen MR) is 60.8 cm³/mol. The van der Waals surface area contributed by atoms with Crippen LogP contribution in [0.4, 0.5) is 0 Å². The molecule has 0 saturated carbocycles. The fourth-order valence-electron chi connectivity index (χ4n) is 1.21. The monoisotopic (exact) mass is 301 g/mol. The molecular weight excluding hydrogens is 291 g/mol. The first kappa shape index (κ1) is 14.8. The Hall–Kier alpha value is -0.260. The first-order chi connectivity index (χ1) is 7.60. The fraction of sp³-hybridized carbons (Fsp3) is 0.286. The molecular formula is C7H10ClNO6P2. The molecule has 0 fully saturated rings. The summed E-state index contributed by atoms with van der Waals surface area (Å²) in [5, 5.41) is -1.98. The zero-order valence-electron chi connectivity index (χ0n) is 8.34. The van der Waals surface area contributed by atoms with Gasteiger partial charge in [0.25, 0.3) is 0 Å². The van der Waals surface area contributed by atoms with E-state index in [2.05, 4.69) is 4.98 Å². The Morgan fingerprint density at radius 3 is 2.18 bits per heavy atom. The molecule has 10 heteroatoms. The van der Waals surface area contributed by atoms with Crippen molar-refractivity contribution >= 4 is 26.8 Å². The van der Waals surface area contributed by atoms with Crippen molar-refractivity contribution < 1.29 is 28.7 Å². The number of aromatic nitrogens is 1. The third-order valence-electron chi connectivity index (χ3n) is 1.99. The predicted octanol–water partition coefficient (Wildman–Crippen LogP) is 0.959. The molecule has 0 aliphatic carbocycles. The van der Waals surface area contributed by atoms with Crippen molar-refractivity contribution in [1.29, 1.82) is 0 Å². The Morgan fingerprint density at radius 2 is 1.76 bits per heavy atom. The van der Waals surface area contributed by atoms with E-state index in [0.29, 0.717) is 5.56 Å². The standard InChI is InChI=1S/C7H10ClNO6P2/c8-6-3-5(1-2-9-6)4-7(16(10,11)12)17(13,14)15/h1-3,7H,4H2,(H2,10,11,12)(H2,13,14,15). The first-order valence-electron chi connectivity index (χ1n) is 4.31. The van der Waals surface area contributed by atoms with Gasteiger partial charge in [-0.25, -0.2) is 4.98 Å². The van der Waals surface area contributed by atoms with Crippen molar-refractivity contribution in [2.24, 2.45) is 0 Å². The highest BCUT2D eigenvalue weighted by atomic mass is 35.5. The van der Waals surface area contributed by atoms with Crippen LogP contribution in [0.1, 0.15) is 5.56 Å². The Balaban J connectivity index is 3.04. The van der Waals surface area contributed by atoms with Crippen LogP contribution >= 0.6 is 26.8 Å². The number of halogens is 1. The molecule has 0 unspecified atom stereocenters. The van der Waals surface area contributed by atoms with Gasteiger partial charge in [0.15, 0.2) is 5.40 Å². The van der Waals surface area contributed by atoms with Gasteiger partial charge in [-0.2, -0.15) is 0 Å². The van der Waals surface area contributed by atoms with Crippen molar-refractivity contribution in [2.75, 3.05) is 0 Å². The zero-order chi connectivity index (χ0) is 13.3. The van der Waals surface area contributed by atoms with Gasteiger partial charge in [-0.05, 0) is 24.1 Å². The minimum absolute atomic E-state index is 0.0812. The van der Waals surface area contributed by atoms with Crippen LogP contribution in [0.25, 0.3) is 0 Å². The van der Waals surface area contributed by atoms with Crippen molar-refractivity contribution in [2.45, 2.75) is 11.8 Å². The highest BCUT2D eigenvalue weighted by Gasteiger charge is 2.43. The SMILES string of the molecule is O=P(O)(O)C(Cc1ccnc(Cl)c1)P(=O)(O)O. The summed E-state index contributed by atoms with van der Waals surface area (Å²) in [6.07, 6.45) is 0.810. The van der Waals surface area contributed by atoms with Gasteiger partial charge in [0.2, 0.25) is 0 Å². The molecule has 0 amide bonds. The lowest BCUT2D eigenvalue weighted by Crippen LogP contribution is -2.12. The van der Waals surface area contributed by atoms with Crippen LogP contribution in [0.15, 0.2) is 18.3 Å². The second kappa shape index (κ2) is 5.16. The molecule has 0 aliphatic rings. The Morgan fingerprint density at radius 1 is 1.24 bits per heavy atom. The average Bonchev–Trinajstić information content (AvgIpc) is 2.10. The summed E-state index contributed by atoms with van der Waals surface area (Å²) in [5.74, 6) is 0. The molecule has 0 radical (unpaired) electrons. The molecule has 7 nitrogen and oxygen atoms in total. The maximum Gasteiger partial charge on any atom is 0.341 e. The van der Waals surface area contributed by atoms with Crippen molar-refractivity contribution in [1.82, 2.24) is 4.98 Å². The molecule has 0 bridgehead atoms. The van der Waals surface area contributed by atoms with Gasteiger partial charge >= 0.3 is 15.2 Å². The summed E-state index contributed by atoms with van der Waals surface area (Å²) < 4.78 is 22.0. The molecule has 1 heterocycles. The smallest absolute Gasteiger partial charge is 0.324 e. The van der Waals surface area contributed by atoms with Crippen LogP contribution in [0.3, 0.4) is 0 Å². The molecule has 0 spiro atoms. The largest absolute Gasteiger partial charge is 0.341 e. The molecule has 1 aromatic rings. The lowest BCUT2D eigenvalue weighted by molar-refractivity contribution is 0.338. The summed E-state index contributed by atoms with van der Waals surface area (Å²) in [7, 11) is -9.81. The summed E-state index contributed by atoms with van der Waals surface area (Å²) in [4.78, 5) is 39.3. The topological polar surface area (TPSA) is 128 Å². The van der Waals surface area contributed by atoms with Gasteiger partial charge in [0.1, 0.15) is 5.15 Å². The maximum atomic E-state index is 11.0. The number of nitrogens with zero attached hydrogens (tertiary/aromatic N) is 1. The molecule has 96 valence electrons. The zero-order valence-corrected chi connectivity index (χ0v) is 10.9. The molecule has 0 aromatic carbocycles. The van der Waals surface area contributed by atoms with E-state index >= 15 is 0 Å². The molecule has 0 atom stereocenters. The third kappa shape index (κ3) is 4.48. The summed E-state index contributed by atoms with van der Waals surface area (Å²) in [5.41, 5.74) is 0.293. The maximum absolute atomic E-state index is 11.0. The molecule has 0 saturated heterocycles. The van der Waals surface area contributed by atoms with E-state index in [1.54, 1.807) is 0 Å². The Bertz CT molecular complexity index is 475. The van der Waals surface area contributed by atoms with E-state index in [4.69, 9.17) is 31.2 Å². The number of hydrogen-bond donors (Lipinski definition) is 4. The highest BCUT2D eigenvalue weighted by Crippen LogP contribution is 2.60. The van der Waals surface area contributed by atoms with Gasteiger partial charge in [0, 0.05) is 6.20 Å². The molecule has 4 N–H and O–H groups in total. The van der Waals surface area contributed by atoms with Gasteiger partial charge < -0.3 is 19.6 Å². The van der Waals surface area contributed by atoms with Crippen LogP contribution in [0.2, 0.25) is 5.15 Å². The number of hydrogen-bond acceptors (Lipinski definition) is 3. The van der Waals surface area contributed by atoms with Gasteiger partial charge in [-0.3, -0.25) is 9.13 Å². The van der Waals surface area contributed by atoms with E-state index in [-0.39, 0.29) is 5.15 Å². The lowest BCUT2D eigenvalue weighted by Gasteiger charge is -2.19. The Kier molecular flexibility index (Phi) is 4.49. The normalized spacial score (nSPS) is 13.1. The minimum Gasteiger partial charge on any atom is -0.324 e. The molecule has 1 rings (SSSR count). The van der Waals surface area contributed by atoms with E-state index < -0.39 is 27.0 Å². The average molecular weight is 302 g/mol. The van der Waals surface area contributed by atoms with Crippen LogP contribution in [0, 0.1) is 0 Å². The van der Waals surface area contributed by atoms with Gasteiger partial charge in [-0.15, -0.1) is 0 Å². The van der Waals surface area contributed by atoms with E-state index in [9.17, 15) is 9.13 Å². The van der Waals surface area contributed by atoms with Crippen molar-refractivity contribution in [3.8, 4) is 0 Å². The summed E-state index contributed by atoms with van der Waals surface area (Å²) >= 11 is 5.56. The molecule has 1 aromatic heterocycles. The minimum atomic E-state index is -4.90. The van der Waals surface area contributed by atoms with E-state index in [1.165, 1.54) is 18.3 Å². The van der Waals surface area contributed by atoms with Crippen LogP contribution < -0.4 is 0 Å².